The molecule has 1 radical (unpaired) electrons. The van der Waals surface area contributed by atoms with Crippen LogP contribution in [-0.4, -0.2) is 77.9 Å². The fourth-order valence-electron chi connectivity index (χ4n) is 0.866. The summed E-state index contributed by atoms with van der Waals surface area (Å²) in [5.41, 5.74) is 0. The number of halogens is 15. The Bertz CT molecular complexity index is 819. The van der Waals surface area contributed by atoms with Crippen LogP contribution in [0.15, 0.2) is 35.5 Å². The van der Waals surface area contributed by atoms with Crippen LogP contribution in [0.25, 0.3) is 0 Å². The minimum Gasteiger partial charge on any atom is -0.504 e. The molecule has 0 saturated heterocycles. The first-order valence-electron chi connectivity index (χ1n) is 7.66. The second kappa shape index (κ2) is 15.2. The summed E-state index contributed by atoms with van der Waals surface area (Å²) in [5, 5.41) is 24.1. The Morgan fingerprint density at radius 1 is 0.459 bits per heavy atom. The molecule has 0 saturated carbocycles. The van der Waals surface area contributed by atoms with Crippen LogP contribution >= 0.6 is 0 Å². The van der Waals surface area contributed by atoms with E-state index in [0.717, 1.165) is 6.92 Å². The number of hydrogen-bond donors (Lipinski definition) is 3. The molecule has 0 aliphatic rings. The molecule has 0 unspecified atom stereocenters. The average Bonchev–Trinajstić information content (AvgIpc) is 2.58. The van der Waals surface area contributed by atoms with Crippen molar-refractivity contribution in [2.45, 2.75) is 37.8 Å². The van der Waals surface area contributed by atoms with Gasteiger partial charge in [-0.05, 0) is 0 Å². The second-order valence-corrected chi connectivity index (χ2v) is 5.49. The van der Waals surface area contributed by atoms with Crippen molar-refractivity contribution >= 4 is 17.3 Å². The predicted molar refractivity (Wildman–Crippen MR) is 88.9 cm³/mol. The van der Waals surface area contributed by atoms with Crippen molar-refractivity contribution in [2.24, 2.45) is 0 Å². The summed E-state index contributed by atoms with van der Waals surface area (Å²) in [6, 6.07) is 0. The molecule has 6 nitrogen and oxygen atoms in total. The van der Waals surface area contributed by atoms with Crippen LogP contribution in [0, 0.1) is 0 Å². The summed E-state index contributed by atoms with van der Waals surface area (Å²) in [6.07, 6.45) is -27.4. The first kappa shape index (κ1) is 41.8. The third-order valence-corrected chi connectivity index (χ3v) is 2.34. The normalized spacial score (nSPS) is 13.8. The van der Waals surface area contributed by atoms with E-state index in [1.807, 2.05) is 0 Å². The number of carbonyl (C=O) groups excluding carboxylic acids is 3. The second-order valence-electron chi connectivity index (χ2n) is 5.49. The molecule has 0 atom stereocenters. The van der Waals surface area contributed by atoms with Crippen molar-refractivity contribution in [1.29, 1.82) is 0 Å². The van der Waals surface area contributed by atoms with Crippen LogP contribution in [0.1, 0.15) is 6.92 Å². The summed E-state index contributed by atoms with van der Waals surface area (Å²) < 4.78 is 171. The van der Waals surface area contributed by atoms with Gasteiger partial charge >= 0.3 is 48.2 Å². The zero-order valence-electron chi connectivity index (χ0n) is 17.2. The van der Waals surface area contributed by atoms with Crippen LogP contribution in [0.5, 0.6) is 0 Å². The van der Waals surface area contributed by atoms with Crippen molar-refractivity contribution in [1.82, 2.24) is 0 Å². The molecule has 0 bridgehead atoms. The summed E-state index contributed by atoms with van der Waals surface area (Å²) in [7, 11) is 0. The van der Waals surface area contributed by atoms with E-state index in [1.54, 1.807) is 0 Å². The molecule has 22 heteroatoms. The number of hydrogen-bond acceptors (Lipinski definition) is 3. The zero-order chi connectivity index (χ0) is 30.1. The van der Waals surface area contributed by atoms with Crippen LogP contribution in [0.2, 0.25) is 0 Å². The molecule has 0 amide bonds. The minimum absolute atomic E-state index is 0. The van der Waals surface area contributed by atoms with Crippen LogP contribution in [0.3, 0.4) is 0 Å². The van der Waals surface area contributed by atoms with E-state index in [2.05, 4.69) is 0 Å². The molecule has 37 heavy (non-hydrogen) atoms. The van der Waals surface area contributed by atoms with E-state index in [-0.39, 0.29) is 38.8 Å². The van der Waals surface area contributed by atoms with E-state index in [1.165, 1.54) is 0 Å². The van der Waals surface area contributed by atoms with Gasteiger partial charge < -0.3 is 15.3 Å². The van der Waals surface area contributed by atoms with E-state index < -0.39 is 77.7 Å². The van der Waals surface area contributed by atoms with Crippen molar-refractivity contribution < 1.29 is 128 Å². The molecule has 0 spiro atoms. The minimum atomic E-state index is -5.31. The van der Waals surface area contributed by atoms with Crippen LogP contribution in [-0.2, 0) is 32.7 Å². The molecular weight excluding hydrogens is 650 g/mol. The van der Waals surface area contributed by atoms with Crippen molar-refractivity contribution in [2.75, 3.05) is 0 Å². The largest absolute Gasteiger partial charge is 0.509 e. The molecule has 6 N–H and O–H groups in total. The Kier molecular flexibility index (Phi) is 17.2. The van der Waals surface area contributed by atoms with E-state index in [0.29, 0.717) is 0 Å². The van der Waals surface area contributed by atoms with Gasteiger partial charge in [0.25, 0.3) is 0 Å². The summed E-state index contributed by atoms with van der Waals surface area (Å²) in [6.45, 7) is 1.03. The predicted octanol–water partition coefficient (Wildman–Crippen LogP) is 5.75. The summed E-state index contributed by atoms with van der Waals surface area (Å²) in [4.78, 5) is 24.2. The molecule has 0 aliphatic carbocycles. The van der Waals surface area contributed by atoms with Crippen LogP contribution < -0.4 is 0 Å². The van der Waals surface area contributed by atoms with Crippen LogP contribution in [0.4, 0.5) is 65.9 Å². The van der Waals surface area contributed by atoms with Gasteiger partial charge in [0.05, 0.1) is 25.2 Å². The third kappa shape index (κ3) is 21.5. The average molecular weight is 662 g/mol. The van der Waals surface area contributed by atoms with Gasteiger partial charge in [0, 0.05) is 32.7 Å². The van der Waals surface area contributed by atoms with Gasteiger partial charge in [-0.15, -0.1) is 0 Å². The fourth-order valence-corrected chi connectivity index (χ4v) is 0.866. The SMILES string of the molecule is CC(=[OH+])/C=C(\O)C(F)(F)F.O/C(=C\C(=[OH+])C(F)(F)F)C(F)(F)F.O/C(=C\C(=[OH+])C(F)(F)F)C(F)(F)F.[Y]. The van der Waals surface area contributed by atoms with Gasteiger partial charge in [0.1, 0.15) is 0 Å². The maximum atomic E-state index is 11.4. The van der Waals surface area contributed by atoms with E-state index in [9.17, 15) is 65.9 Å². The van der Waals surface area contributed by atoms with E-state index >= 15 is 0 Å². The first-order chi connectivity index (χ1) is 15.4. The number of ketones is 3. The Morgan fingerprint density at radius 3 is 0.757 bits per heavy atom. The molecule has 0 heterocycles. The molecule has 0 aromatic heterocycles. The standard InChI is InChI=1S/2C5H2F6O2.C5H5F3O2.Y/c2*6-4(7,8)2(12)1-3(13)5(9,10)11;1-3(9)2-4(10)5(6,7)8;/h2*1,12H;2,10H,1H3;/p+3/b2*2-1-;4-2-;. The van der Waals surface area contributed by atoms with Gasteiger partial charge in [-0.2, -0.15) is 65.9 Å². The number of rotatable bonds is 3. The first-order valence-corrected chi connectivity index (χ1v) is 7.66. The summed E-state index contributed by atoms with van der Waals surface area (Å²) >= 11 is 0. The molecule has 0 aliphatic heterocycles. The number of aliphatic hydroxyl groups excluding tert-OH is 3. The Morgan fingerprint density at radius 2 is 0.649 bits per heavy atom. The van der Waals surface area contributed by atoms with Crippen molar-refractivity contribution in [3.05, 3.63) is 35.5 Å². The monoisotopic (exact) mass is 662 g/mol. The van der Waals surface area contributed by atoms with E-state index in [4.69, 9.17) is 29.7 Å². The molecule has 0 aromatic carbocycles. The fraction of sp³-hybridized carbons (Fsp3) is 0.400. The maximum absolute atomic E-state index is 11.4. The van der Waals surface area contributed by atoms with Gasteiger partial charge in [-0.25, -0.2) is 0 Å². The van der Waals surface area contributed by atoms with Gasteiger partial charge in [-0.3, -0.25) is 14.4 Å². The molecular formula is C15H12F15O6Y+3. The number of alkyl halides is 15. The number of allylic oxidation sites excluding steroid dienone is 6. The maximum Gasteiger partial charge on any atom is 0.509 e. The topological polar surface area (TPSA) is 125 Å². The zero-order valence-corrected chi connectivity index (χ0v) is 20.0. The Hall–Kier alpha value is -2.32. The molecule has 0 rings (SSSR count). The third-order valence-electron chi connectivity index (χ3n) is 2.34. The van der Waals surface area contributed by atoms with Crippen molar-refractivity contribution in [3.63, 3.8) is 0 Å². The smallest absolute Gasteiger partial charge is 0.504 e. The van der Waals surface area contributed by atoms with Gasteiger partial charge in [0.2, 0.25) is 17.3 Å². The Balaban J connectivity index is -0.000000220. The summed E-state index contributed by atoms with van der Waals surface area (Å²) in [5.74, 6) is -12.4. The molecule has 0 fully saturated rings. The molecule has 213 valence electrons. The number of aliphatic hydroxyl groups is 3. The van der Waals surface area contributed by atoms with Gasteiger partial charge in [-0.1, -0.05) is 0 Å². The Labute approximate surface area is 219 Å². The van der Waals surface area contributed by atoms with Gasteiger partial charge in [0.15, 0.2) is 0 Å². The quantitative estimate of drug-likeness (QED) is 0.154. The van der Waals surface area contributed by atoms with Crippen molar-refractivity contribution in [3.8, 4) is 0 Å². The molecule has 0 aromatic rings.